The van der Waals surface area contributed by atoms with Crippen molar-refractivity contribution >= 4 is 29.3 Å². The summed E-state index contributed by atoms with van der Waals surface area (Å²) in [6.45, 7) is 4.71. The molecule has 12 nitrogen and oxygen atoms in total. The second-order valence-electron chi connectivity index (χ2n) is 11.5. The normalized spacial score (nSPS) is 14.9. The number of ether oxygens (including phenoxy) is 2. The van der Waals surface area contributed by atoms with Gasteiger partial charge < -0.3 is 29.9 Å². The van der Waals surface area contributed by atoms with Crippen molar-refractivity contribution in [3.63, 3.8) is 0 Å². The number of benzene rings is 2. The average molecular weight is 636 g/mol. The number of hydrogen-bond acceptors (Lipinski definition) is 10. The maximum Gasteiger partial charge on any atom is 0.410 e. The molecule has 0 aliphatic carbocycles. The maximum absolute atomic E-state index is 13.4. The Balaban J connectivity index is 1.03. The molecule has 2 saturated heterocycles. The van der Waals surface area contributed by atoms with E-state index in [1.54, 1.807) is 28.4 Å². The van der Waals surface area contributed by atoms with Crippen molar-refractivity contribution < 1.29 is 23.9 Å². The Morgan fingerprint density at radius 1 is 0.809 bits per heavy atom. The minimum atomic E-state index is -0.373. The average Bonchev–Trinajstić information content (AvgIpc) is 3.12. The van der Waals surface area contributed by atoms with Crippen LogP contribution < -0.4 is 10.6 Å². The van der Waals surface area contributed by atoms with E-state index in [2.05, 4.69) is 19.9 Å². The van der Waals surface area contributed by atoms with Crippen LogP contribution in [-0.4, -0.2) is 95.0 Å². The zero-order chi connectivity index (χ0) is 32.6. The van der Waals surface area contributed by atoms with Crippen LogP contribution in [0.25, 0.3) is 11.3 Å². The van der Waals surface area contributed by atoms with Gasteiger partial charge in [-0.3, -0.25) is 14.6 Å². The van der Waals surface area contributed by atoms with E-state index in [4.69, 9.17) is 15.2 Å². The van der Waals surface area contributed by atoms with Gasteiger partial charge in [-0.1, -0.05) is 54.6 Å². The van der Waals surface area contributed by atoms with Gasteiger partial charge >= 0.3 is 6.09 Å². The minimum Gasteiger partial charge on any atom is -0.445 e. The molecule has 242 valence electrons. The van der Waals surface area contributed by atoms with E-state index in [0.717, 1.165) is 41.0 Å². The first-order valence-electron chi connectivity index (χ1n) is 15.7. The van der Waals surface area contributed by atoms with E-state index in [9.17, 15) is 14.4 Å². The van der Waals surface area contributed by atoms with Crippen molar-refractivity contribution in [3.8, 4) is 11.3 Å². The van der Waals surface area contributed by atoms with Crippen LogP contribution in [0, 0.1) is 0 Å². The molecule has 2 aliphatic heterocycles. The lowest BCUT2D eigenvalue weighted by Crippen LogP contribution is -2.51. The fraction of sp³-hybridized carbons (Fsp3) is 0.314. The van der Waals surface area contributed by atoms with Crippen LogP contribution in [-0.2, 0) is 33.7 Å². The van der Waals surface area contributed by atoms with Gasteiger partial charge in [0.05, 0.1) is 31.5 Å². The van der Waals surface area contributed by atoms with Gasteiger partial charge in [-0.15, -0.1) is 0 Å². The zero-order valence-corrected chi connectivity index (χ0v) is 26.1. The Morgan fingerprint density at radius 3 is 2.28 bits per heavy atom. The Morgan fingerprint density at radius 2 is 1.53 bits per heavy atom. The number of amides is 2. The van der Waals surface area contributed by atoms with Crippen LogP contribution in [0.1, 0.15) is 27.2 Å². The Hall–Kier alpha value is -5.36. The second kappa shape index (κ2) is 14.8. The molecule has 0 atom stereocenters. The number of rotatable bonds is 9. The molecule has 47 heavy (non-hydrogen) atoms. The first-order valence-corrected chi connectivity index (χ1v) is 15.7. The lowest BCUT2D eigenvalue weighted by atomic mass is 10.0. The smallest absolute Gasteiger partial charge is 0.410 e. The molecule has 2 N–H and O–H groups in total. The number of nitrogen functional groups attached to an aromatic ring is 1. The summed E-state index contributed by atoms with van der Waals surface area (Å²) in [6, 6.07) is 18.9. The largest absolute Gasteiger partial charge is 0.445 e. The molecule has 2 aromatic carbocycles. The molecular weight excluding hydrogens is 598 g/mol. The molecule has 4 aromatic rings. The number of Topliss-reactive ketones (excluding diaryl/α,β-unsaturated/α-hetero) is 1. The molecule has 12 heteroatoms. The highest BCUT2D eigenvalue weighted by Crippen LogP contribution is 2.24. The monoisotopic (exact) mass is 635 g/mol. The van der Waals surface area contributed by atoms with Gasteiger partial charge in [-0.25, -0.2) is 14.8 Å². The molecule has 0 radical (unpaired) electrons. The van der Waals surface area contributed by atoms with E-state index in [1.807, 2.05) is 60.7 Å². The molecule has 4 heterocycles. The summed E-state index contributed by atoms with van der Waals surface area (Å²) >= 11 is 0. The standard InChI is InChI=1S/C35H37N7O5/c36-34-33(31(43)21-28-22-37-11-10-30(28)40-16-18-46-19-17-40)39-29(23-38-34)27-8-6-25(7-9-27)20-32(44)41-12-14-42(15-13-41)35(45)47-24-26-4-2-1-3-5-26/h1-11,22-23H,12-21,24H2,(H2,36,38). The highest BCUT2D eigenvalue weighted by molar-refractivity contribution is 6.00. The van der Waals surface area contributed by atoms with Crippen LogP contribution in [0.4, 0.5) is 16.3 Å². The fourth-order valence-corrected chi connectivity index (χ4v) is 5.70. The van der Waals surface area contributed by atoms with Crippen molar-refractivity contribution in [1.82, 2.24) is 24.8 Å². The van der Waals surface area contributed by atoms with E-state index < -0.39 is 0 Å². The van der Waals surface area contributed by atoms with E-state index in [1.165, 1.54) is 0 Å². The van der Waals surface area contributed by atoms with E-state index in [-0.39, 0.29) is 48.7 Å². The molecule has 0 spiro atoms. The summed E-state index contributed by atoms with van der Waals surface area (Å²) in [5.74, 6) is -0.185. The number of piperazine rings is 1. The minimum absolute atomic E-state index is 0.0120. The molecule has 2 aliphatic rings. The number of carbonyl (C=O) groups excluding carboxylic acids is 3. The molecule has 0 saturated carbocycles. The molecule has 2 amide bonds. The third-order valence-corrected chi connectivity index (χ3v) is 8.35. The molecule has 0 unspecified atom stereocenters. The zero-order valence-electron chi connectivity index (χ0n) is 26.1. The predicted molar refractivity (Wildman–Crippen MR) is 176 cm³/mol. The van der Waals surface area contributed by atoms with Crippen molar-refractivity contribution in [3.05, 3.63) is 102 Å². The van der Waals surface area contributed by atoms with Gasteiger partial charge in [0.15, 0.2) is 11.6 Å². The predicted octanol–water partition coefficient (Wildman–Crippen LogP) is 3.41. The van der Waals surface area contributed by atoms with Gasteiger partial charge in [0.1, 0.15) is 12.3 Å². The first kappa shape index (κ1) is 31.6. The van der Waals surface area contributed by atoms with Crippen LogP contribution in [0.15, 0.2) is 79.3 Å². The first-order chi connectivity index (χ1) is 22.9. The molecule has 2 fully saturated rings. The number of ketones is 1. The number of carbonyl (C=O) groups is 3. The van der Waals surface area contributed by atoms with Gasteiger partial charge in [0.2, 0.25) is 5.91 Å². The summed E-state index contributed by atoms with van der Waals surface area (Å²) in [4.78, 5) is 57.6. The van der Waals surface area contributed by atoms with Crippen molar-refractivity contribution in [2.45, 2.75) is 19.4 Å². The summed E-state index contributed by atoms with van der Waals surface area (Å²) in [6.07, 6.45) is 4.91. The molecule has 6 rings (SSSR count). The summed E-state index contributed by atoms with van der Waals surface area (Å²) in [5.41, 5.74) is 11.0. The van der Waals surface area contributed by atoms with Crippen LogP contribution in [0.5, 0.6) is 0 Å². The lowest BCUT2D eigenvalue weighted by molar-refractivity contribution is -0.132. The maximum atomic E-state index is 13.4. The van der Waals surface area contributed by atoms with Crippen molar-refractivity contribution in [2.24, 2.45) is 0 Å². The number of nitrogens with zero attached hydrogens (tertiary/aromatic N) is 6. The number of pyridine rings is 1. The lowest BCUT2D eigenvalue weighted by Gasteiger charge is -2.34. The topological polar surface area (TPSA) is 144 Å². The number of morpholine rings is 1. The van der Waals surface area contributed by atoms with Gasteiger partial charge in [-0.2, -0.15) is 0 Å². The third-order valence-electron chi connectivity index (χ3n) is 8.35. The highest BCUT2D eigenvalue weighted by atomic mass is 16.6. The number of anilines is 2. The molecular formula is C35H37N7O5. The van der Waals surface area contributed by atoms with E-state index in [0.29, 0.717) is 45.1 Å². The third kappa shape index (κ3) is 7.90. The molecule has 2 aromatic heterocycles. The van der Waals surface area contributed by atoms with Crippen LogP contribution >= 0.6 is 0 Å². The van der Waals surface area contributed by atoms with Gasteiger partial charge in [0.25, 0.3) is 0 Å². The Labute approximate surface area is 273 Å². The van der Waals surface area contributed by atoms with E-state index >= 15 is 0 Å². The highest BCUT2D eigenvalue weighted by Gasteiger charge is 2.25. The Bertz CT molecular complexity index is 1700. The summed E-state index contributed by atoms with van der Waals surface area (Å²) < 4.78 is 10.9. The second-order valence-corrected chi connectivity index (χ2v) is 11.5. The summed E-state index contributed by atoms with van der Waals surface area (Å²) in [7, 11) is 0. The number of hydrogen-bond donors (Lipinski definition) is 1. The number of nitrogens with two attached hydrogens (primary N) is 1. The quantitative estimate of drug-likeness (QED) is 0.272. The van der Waals surface area contributed by atoms with Crippen LogP contribution in [0.3, 0.4) is 0 Å². The molecule has 0 bridgehead atoms. The summed E-state index contributed by atoms with van der Waals surface area (Å²) in [5, 5.41) is 0. The number of aromatic nitrogens is 3. The fourth-order valence-electron chi connectivity index (χ4n) is 5.70. The van der Waals surface area contributed by atoms with Crippen molar-refractivity contribution in [2.75, 3.05) is 63.1 Å². The van der Waals surface area contributed by atoms with Gasteiger partial charge in [0, 0.05) is 74.9 Å². The van der Waals surface area contributed by atoms with Crippen LogP contribution in [0.2, 0.25) is 0 Å². The Kier molecular flexibility index (Phi) is 9.97. The SMILES string of the molecule is Nc1ncc(-c2ccc(CC(=O)N3CCN(C(=O)OCc4ccccc4)CC3)cc2)nc1C(=O)Cc1cnccc1N1CCOCC1. The van der Waals surface area contributed by atoms with Gasteiger partial charge in [-0.05, 0) is 17.2 Å². The van der Waals surface area contributed by atoms with Crippen molar-refractivity contribution in [1.29, 1.82) is 0 Å².